The molecule has 1 N–H and O–H groups in total. The predicted octanol–water partition coefficient (Wildman–Crippen LogP) is 4.57. The van der Waals surface area contributed by atoms with Gasteiger partial charge in [0.25, 0.3) is 11.5 Å². The van der Waals surface area contributed by atoms with Crippen molar-refractivity contribution >= 4 is 22.4 Å². The Bertz CT molecular complexity index is 1060. The number of hydrogen-bond donors (Lipinski definition) is 1. The van der Waals surface area contributed by atoms with E-state index in [2.05, 4.69) is 10.3 Å². The zero-order chi connectivity index (χ0) is 20.2. The van der Waals surface area contributed by atoms with Crippen LogP contribution < -0.4 is 10.9 Å². The SMILES string of the molecule is Cc1cccc(Cn2cccc(C(=O)Nc3nc4c(s3)CCCCCC4)c2=O)c1. The maximum absolute atomic E-state index is 12.9. The maximum Gasteiger partial charge on any atom is 0.263 e. The highest BCUT2D eigenvalue weighted by molar-refractivity contribution is 7.15. The highest BCUT2D eigenvalue weighted by atomic mass is 32.1. The van der Waals surface area contributed by atoms with Gasteiger partial charge >= 0.3 is 0 Å². The summed E-state index contributed by atoms with van der Waals surface area (Å²) in [5.41, 5.74) is 3.13. The van der Waals surface area contributed by atoms with Gasteiger partial charge in [-0.2, -0.15) is 0 Å². The molecule has 1 aliphatic carbocycles. The topological polar surface area (TPSA) is 64.0 Å². The minimum absolute atomic E-state index is 0.141. The first-order valence-corrected chi connectivity index (χ1v) is 11.0. The molecule has 0 aliphatic heterocycles. The molecular weight excluding hydrogens is 382 g/mol. The van der Waals surface area contributed by atoms with Crippen molar-refractivity contribution in [3.05, 3.63) is 80.2 Å². The third-order valence-corrected chi connectivity index (χ3v) is 6.34. The van der Waals surface area contributed by atoms with Gasteiger partial charge < -0.3 is 4.57 Å². The summed E-state index contributed by atoms with van der Waals surface area (Å²) >= 11 is 1.54. The summed E-state index contributed by atoms with van der Waals surface area (Å²) in [5, 5.41) is 3.45. The lowest BCUT2D eigenvalue weighted by Gasteiger charge is -2.08. The van der Waals surface area contributed by atoms with Gasteiger partial charge in [-0.3, -0.25) is 14.9 Å². The number of carbonyl (C=O) groups excluding carboxylic acids is 1. The van der Waals surface area contributed by atoms with E-state index >= 15 is 0 Å². The van der Waals surface area contributed by atoms with Crippen LogP contribution in [0.5, 0.6) is 0 Å². The fourth-order valence-electron chi connectivity index (χ4n) is 3.76. The van der Waals surface area contributed by atoms with Gasteiger partial charge in [0.05, 0.1) is 12.2 Å². The molecule has 29 heavy (non-hydrogen) atoms. The average Bonchev–Trinajstić information content (AvgIpc) is 3.04. The number of nitrogens with one attached hydrogen (secondary N) is 1. The van der Waals surface area contributed by atoms with Crippen molar-refractivity contribution in [2.24, 2.45) is 0 Å². The number of hydrogen-bond acceptors (Lipinski definition) is 4. The number of anilines is 1. The maximum atomic E-state index is 12.9. The van der Waals surface area contributed by atoms with Gasteiger partial charge in [0.1, 0.15) is 5.56 Å². The van der Waals surface area contributed by atoms with Crippen molar-refractivity contribution in [2.75, 3.05) is 5.32 Å². The Morgan fingerprint density at radius 1 is 1.14 bits per heavy atom. The first-order valence-electron chi connectivity index (χ1n) is 10.1. The second kappa shape index (κ2) is 8.74. The van der Waals surface area contributed by atoms with E-state index in [0.29, 0.717) is 11.7 Å². The Morgan fingerprint density at radius 2 is 1.97 bits per heavy atom. The van der Waals surface area contributed by atoms with Gasteiger partial charge in [-0.05, 0) is 50.3 Å². The lowest BCUT2D eigenvalue weighted by Crippen LogP contribution is -2.29. The second-order valence-electron chi connectivity index (χ2n) is 7.60. The molecule has 6 heteroatoms. The third kappa shape index (κ3) is 4.65. The zero-order valence-corrected chi connectivity index (χ0v) is 17.4. The van der Waals surface area contributed by atoms with Crippen molar-refractivity contribution in [1.29, 1.82) is 0 Å². The zero-order valence-electron chi connectivity index (χ0n) is 16.6. The Hall–Kier alpha value is -2.73. The molecule has 150 valence electrons. The molecule has 1 aliphatic rings. The standard InChI is InChI=1S/C23H25N3O2S/c1-16-8-6-9-17(14-16)15-26-13-7-10-18(22(26)28)21(27)25-23-24-19-11-4-2-3-5-12-20(19)29-23/h6-10,13-14H,2-5,11-12,15H2,1H3,(H,24,25,27). The molecule has 5 nitrogen and oxygen atoms in total. The number of fused-ring (bicyclic) bond motifs is 1. The van der Waals surface area contributed by atoms with E-state index in [1.54, 1.807) is 34.2 Å². The molecule has 0 radical (unpaired) electrons. The molecule has 2 heterocycles. The number of thiazole rings is 1. The van der Waals surface area contributed by atoms with E-state index in [1.165, 1.54) is 24.1 Å². The molecule has 0 spiro atoms. The Balaban J connectivity index is 1.53. The first kappa shape index (κ1) is 19.6. The van der Waals surface area contributed by atoms with Crippen molar-refractivity contribution in [3.8, 4) is 0 Å². The summed E-state index contributed by atoms with van der Waals surface area (Å²) in [7, 11) is 0. The van der Waals surface area contributed by atoms with Crippen molar-refractivity contribution in [1.82, 2.24) is 9.55 Å². The number of pyridine rings is 1. The normalized spacial score (nSPS) is 14.0. The summed E-state index contributed by atoms with van der Waals surface area (Å²) < 4.78 is 1.57. The van der Waals surface area contributed by atoms with Crippen LogP contribution in [0.25, 0.3) is 0 Å². The van der Waals surface area contributed by atoms with Crippen LogP contribution in [0, 0.1) is 6.92 Å². The minimum Gasteiger partial charge on any atom is -0.310 e. The number of rotatable bonds is 4. The summed E-state index contributed by atoms with van der Waals surface area (Å²) in [4.78, 5) is 31.5. The van der Waals surface area contributed by atoms with Gasteiger partial charge in [-0.1, -0.05) is 42.7 Å². The van der Waals surface area contributed by atoms with Crippen LogP contribution >= 0.6 is 11.3 Å². The summed E-state index contributed by atoms with van der Waals surface area (Å²) in [5.74, 6) is -0.393. The fourth-order valence-corrected chi connectivity index (χ4v) is 4.81. The van der Waals surface area contributed by atoms with E-state index in [0.717, 1.165) is 36.1 Å². The number of amides is 1. The second-order valence-corrected chi connectivity index (χ2v) is 8.68. The lowest BCUT2D eigenvalue weighted by atomic mass is 10.0. The van der Waals surface area contributed by atoms with E-state index in [1.807, 2.05) is 31.2 Å². The first-order chi connectivity index (χ1) is 14.1. The highest BCUT2D eigenvalue weighted by Gasteiger charge is 2.17. The molecule has 0 bridgehead atoms. The molecule has 0 saturated heterocycles. The van der Waals surface area contributed by atoms with Crippen molar-refractivity contribution < 1.29 is 4.79 Å². The minimum atomic E-state index is -0.393. The quantitative estimate of drug-likeness (QED) is 0.689. The molecule has 1 amide bonds. The monoisotopic (exact) mass is 407 g/mol. The molecule has 4 rings (SSSR count). The molecule has 0 atom stereocenters. The molecule has 0 saturated carbocycles. The number of nitrogens with zero attached hydrogens (tertiary/aromatic N) is 2. The molecule has 1 aromatic carbocycles. The Labute approximate surface area is 174 Å². The predicted molar refractivity (Wildman–Crippen MR) is 117 cm³/mol. The summed E-state index contributed by atoms with van der Waals surface area (Å²) in [6, 6.07) is 11.3. The van der Waals surface area contributed by atoms with Gasteiger partial charge in [-0.25, -0.2) is 4.98 Å². The number of benzene rings is 1. The number of carbonyl (C=O) groups is 1. The molecular formula is C23H25N3O2S. The van der Waals surface area contributed by atoms with E-state index in [4.69, 9.17) is 0 Å². The molecule has 2 aromatic heterocycles. The van der Waals surface area contributed by atoms with Crippen LogP contribution in [-0.4, -0.2) is 15.5 Å². The van der Waals surface area contributed by atoms with Crippen LogP contribution in [0.3, 0.4) is 0 Å². The van der Waals surface area contributed by atoms with Crippen LogP contribution in [0.4, 0.5) is 5.13 Å². The van der Waals surface area contributed by atoms with Gasteiger partial charge in [0.2, 0.25) is 0 Å². The smallest absolute Gasteiger partial charge is 0.263 e. The highest BCUT2D eigenvalue weighted by Crippen LogP contribution is 2.28. The van der Waals surface area contributed by atoms with Crippen LogP contribution in [0.2, 0.25) is 0 Å². The van der Waals surface area contributed by atoms with Crippen LogP contribution in [0.15, 0.2) is 47.4 Å². The average molecular weight is 408 g/mol. The van der Waals surface area contributed by atoms with Crippen LogP contribution in [-0.2, 0) is 19.4 Å². The lowest BCUT2D eigenvalue weighted by molar-refractivity contribution is 0.102. The molecule has 3 aromatic rings. The summed E-state index contributed by atoms with van der Waals surface area (Å²) in [6.07, 6.45) is 8.52. The van der Waals surface area contributed by atoms with E-state index in [-0.39, 0.29) is 11.1 Å². The largest absolute Gasteiger partial charge is 0.310 e. The van der Waals surface area contributed by atoms with E-state index in [9.17, 15) is 9.59 Å². The van der Waals surface area contributed by atoms with Crippen LogP contribution in [0.1, 0.15) is 57.7 Å². The van der Waals surface area contributed by atoms with Crippen molar-refractivity contribution in [3.63, 3.8) is 0 Å². The Morgan fingerprint density at radius 3 is 2.79 bits per heavy atom. The van der Waals surface area contributed by atoms with Gasteiger partial charge in [0, 0.05) is 11.1 Å². The third-order valence-electron chi connectivity index (χ3n) is 5.27. The van der Waals surface area contributed by atoms with Gasteiger partial charge in [-0.15, -0.1) is 11.3 Å². The Kier molecular flexibility index (Phi) is 5.90. The number of aryl methyl sites for hydroxylation is 3. The van der Waals surface area contributed by atoms with Gasteiger partial charge in [0.15, 0.2) is 5.13 Å². The fraction of sp³-hybridized carbons (Fsp3) is 0.348. The van der Waals surface area contributed by atoms with Crippen molar-refractivity contribution in [2.45, 2.75) is 52.0 Å². The number of aromatic nitrogens is 2. The molecule has 0 fully saturated rings. The van der Waals surface area contributed by atoms with E-state index < -0.39 is 5.91 Å². The molecule has 0 unspecified atom stereocenters. The summed E-state index contributed by atoms with van der Waals surface area (Å²) in [6.45, 7) is 2.46.